The van der Waals surface area contributed by atoms with E-state index < -0.39 is 10.0 Å². The maximum Gasteiger partial charge on any atom is 0.243 e. The molecule has 0 spiro atoms. The molecular formula is C20H29N3O3S2. The van der Waals surface area contributed by atoms with Crippen LogP contribution in [0.5, 0.6) is 0 Å². The molecule has 4 rings (SSSR count). The Kier molecular flexibility index (Phi) is 5.92. The van der Waals surface area contributed by atoms with Gasteiger partial charge in [-0.3, -0.25) is 0 Å². The molecule has 2 bridgehead atoms. The molecule has 0 radical (unpaired) electrons. The summed E-state index contributed by atoms with van der Waals surface area (Å²) >= 11 is 5.48. The molecule has 154 valence electrons. The number of hydrogen-bond acceptors (Lipinski definition) is 4. The van der Waals surface area contributed by atoms with Crippen LogP contribution in [0.4, 0.5) is 5.69 Å². The molecule has 28 heavy (non-hydrogen) atoms. The van der Waals surface area contributed by atoms with Gasteiger partial charge in [-0.2, -0.15) is 4.31 Å². The molecule has 0 amide bonds. The van der Waals surface area contributed by atoms with E-state index in [0.717, 1.165) is 17.5 Å². The van der Waals surface area contributed by atoms with Gasteiger partial charge >= 0.3 is 0 Å². The summed E-state index contributed by atoms with van der Waals surface area (Å²) in [6.07, 6.45) is 5.46. The number of ether oxygens (including phenoxy) is 1. The Morgan fingerprint density at radius 2 is 1.89 bits per heavy atom. The van der Waals surface area contributed by atoms with Crippen LogP contribution in [-0.2, 0) is 14.8 Å². The van der Waals surface area contributed by atoms with E-state index in [9.17, 15) is 8.42 Å². The van der Waals surface area contributed by atoms with E-state index in [1.54, 1.807) is 24.3 Å². The first-order chi connectivity index (χ1) is 13.4. The van der Waals surface area contributed by atoms with Crippen LogP contribution in [0, 0.1) is 17.8 Å². The Hall–Kier alpha value is -1.22. The van der Waals surface area contributed by atoms with E-state index in [4.69, 9.17) is 17.0 Å². The van der Waals surface area contributed by atoms with Crippen molar-refractivity contribution in [1.82, 2.24) is 9.62 Å². The predicted octanol–water partition coefficient (Wildman–Crippen LogP) is 2.82. The molecule has 2 aliphatic carbocycles. The Bertz CT molecular complexity index is 806. The SMILES string of the molecule is C[C@H](NC(=S)Nc1ccc(S(=O)(=O)N2CCOCC2)cc1)[C@H]1C[C@H]2CC[C@H]1C2. The van der Waals surface area contributed by atoms with Crippen molar-refractivity contribution in [2.75, 3.05) is 31.6 Å². The van der Waals surface area contributed by atoms with Gasteiger partial charge in [-0.15, -0.1) is 0 Å². The summed E-state index contributed by atoms with van der Waals surface area (Å²) in [6, 6.07) is 7.16. The van der Waals surface area contributed by atoms with Gasteiger partial charge in [0.2, 0.25) is 10.0 Å². The zero-order chi connectivity index (χ0) is 19.7. The second kappa shape index (κ2) is 8.26. The number of nitrogens with one attached hydrogen (secondary N) is 2. The number of fused-ring (bicyclic) bond motifs is 2. The Morgan fingerprint density at radius 3 is 2.50 bits per heavy atom. The zero-order valence-corrected chi connectivity index (χ0v) is 17.9. The fourth-order valence-corrected chi connectivity index (χ4v) is 6.75. The molecule has 1 heterocycles. The third-order valence-electron chi connectivity index (χ3n) is 6.51. The summed E-state index contributed by atoms with van der Waals surface area (Å²) in [4.78, 5) is 0.300. The molecule has 8 heteroatoms. The topological polar surface area (TPSA) is 70.7 Å². The quantitative estimate of drug-likeness (QED) is 0.710. The highest BCUT2D eigenvalue weighted by atomic mass is 32.2. The molecule has 0 aromatic heterocycles. The number of hydrogen-bond donors (Lipinski definition) is 2. The Labute approximate surface area is 173 Å². The van der Waals surface area contributed by atoms with Gasteiger partial charge in [-0.05, 0) is 80.4 Å². The maximum atomic E-state index is 12.7. The largest absolute Gasteiger partial charge is 0.379 e. The van der Waals surface area contributed by atoms with Crippen molar-refractivity contribution >= 4 is 33.0 Å². The summed E-state index contributed by atoms with van der Waals surface area (Å²) in [7, 11) is -3.47. The van der Waals surface area contributed by atoms with Crippen LogP contribution in [-0.4, -0.2) is 50.2 Å². The Morgan fingerprint density at radius 1 is 1.18 bits per heavy atom. The molecule has 1 aromatic carbocycles. The first kappa shape index (κ1) is 20.1. The van der Waals surface area contributed by atoms with Crippen molar-refractivity contribution in [3.05, 3.63) is 24.3 Å². The van der Waals surface area contributed by atoms with Crippen LogP contribution < -0.4 is 10.6 Å². The van der Waals surface area contributed by atoms with Crippen LogP contribution in [0.2, 0.25) is 0 Å². The van der Waals surface area contributed by atoms with Crippen molar-refractivity contribution in [2.45, 2.75) is 43.5 Å². The van der Waals surface area contributed by atoms with Gasteiger partial charge in [0, 0.05) is 24.8 Å². The van der Waals surface area contributed by atoms with E-state index in [1.807, 2.05) is 0 Å². The monoisotopic (exact) mass is 423 g/mol. The zero-order valence-electron chi connectivity index (χ0n) is 16.3. The van der Waals surface area contributed by atoms with Crippen LogP contribution in [0.3, 0.4) is 0 Å². The van der Waals surface area contributed by atoms with Crippen LogP contribution in [0.1, 0.15) is 32.6 Å². The lowest BCUT2D eigenvalue weighted by molar-refractivity contribution is 0.0730. The van der Waals surface area contributed by atoms with E-state index >= 15 is 0 Å². The average molecular weight is 424 g/mol. The third kappa shape index (κ3) is 4.20. The normalized spacial score (nSPS) is 28.8. The predicted molar refractivity (Wildman–Crippen MR) is 114 cm³/mol. The van der Waals surface area contributed by atoms with Crippen LogP contribution in [0.25, 0.3) is 0 Å². The van der Waals surface area contributed by atoms with E-state index in [0.29, 0.717) is 48.3 Å². The molecule has 3 fully saturated rings. The van der Waals surface area contributed by atoms with Gasteiger partial charge in [-0.1, -0.05) is 6.42 Å². The highest BCUT2D eigenvalue weighted by Crippen LogP contribution is 2.49. The number of sulfonamides is 1. The van der Waals surface area contributed by atoms with Gasteiger partial charge < -0.3 is 15.4 Å². The summed E-state index contributed by atoms with van der Waals surface area (Å²) < 4.78 is 32.1. The first-order valence-corrected chi connectivity index (χ1v) is 12.0. The first-order valence-electron chi connectivity index (χ1n) is 10.2. The Balaban J connectivity index is 1.33. The second-order valence-electron chi connectivity index (χ2n) is 8.27. The molecule has 1 saturated heterocycles. The van der Waals surface area contributed by atoms with Gasteiger partial charge in [0.15, 0.2) is 5.11 Å². The lowest BCUT2D eigenvalue weighted by Gasteiger charge is -2.29. The fourth-order valence-electron chi connectivity index (χ4n) is 5.03. The molecule has 1 aromatic rings. The summed E-state index contributed by atoms with van der Waals surface area (Å²) in [5, 5.41) is 7.22. The van der Waals surface area contributed by atoms with E-state index in [-0.39, 0.29) is 0 Å². The molecular weight excluding hydrogens is 394 g/mol. The van der Waals surface area contributed by atoms with Crippen molar-refractivity contribution in [2.24, 2.45) is 17.8 Å². The maximum absolute atomic E-state index is 12.7. The van der Waals surface area contributed by atoms with E-state index in [2.05, 4.69) is 17.6 Å². The molecule has 3 aliphatic rings. The van der Waals surface area contributed by atoms with Crippen LogP contribution >= 0.6 is 12.2 Å². The standard InChI is InChI=1S/C20H29N3O3S2/c1-14(19-13-15-2-3-16(19)12-15)21-20(27)22-17-4-6-18(7-5-17)28(24,25)23-8-10-26-11-9-23/h4-7,14-16,19H,2-3,8-13H2,1H3,(H2,21,22,27)/t14-,15-,16-,19+/m0/s1. The highest BCUT2D eigenvalue weighted by Gasteiger charge is 2.41. The molecule has 1 aliphatic heterocycles. The summed E-state index contributed by atoms with van der Waals surface area (Å²) in [5.41, 5.74) is 0.790. The number of thiocarbonyl (C=S) groups is 1. The number of nitrogens with zero attached hydrogens (tertiary/aromatic N) is 1. The number of morpholine rings is 1. The molecule has 2 N–H and O–H groups in total. The minimum Gasteiger partial charge on any atom is -0.379 e. The van der Waals surface area contributed by atoms with Gasteiger partial charge in [0.1, 0.15) is 0 Å². The molecule has 0 unspecified atom stereocenters. The van der Waals surface area contributed by atoms with Crippen molar-refractivity contribution < 1.29 is 13.2 Å². The second-order valence-corrected chi connectivity index (χ2v) is 10.6. The smallest absolute Gasteiger partial charge is 0.243 e. The average Bonchev–Trinajstić information content (AvgIpc) is 3.32. The fraction of sp³-hybridized carbons (Fsp3) is 0.650. The number of benzene rings is 1. The minimum atomic E-state index is -3.47. The summed E-state index contributed by atoms with van der Waals surface area (Å²) in [5.74, 6) is 2.47. The van der Waals surface area contributed by atoms with Crippen molar-refractivity contribution in [1.29, 1.82) is 0 Å². The molecule has 4 atom stereocenters. The minimum absolute atomic E-state index is 0.300. The number of rotatable bonds is 5. The van der Waals surface area contributed by atoms with Crippen molar-refractivity contribution in [3.63, 3.8) is 0 Å². The number of anilines is 1. The van der Waals surface area contributed by atoms with Gasteiger partial charge in [0.25, 0.3) is 0 Å². The molecule has 6 nitrogen and oxygen atoms in total. The van der Waals surface area contributed by atoms with Gasteiger partial charge in [0.05, 0.1) is 18.1 Å². The van der Waals surface area contributed by atoms with Gasteiger partial charge in [-0.25, -0.2) is 8.42 Å². The van der Waals surface area contributed by atoms with Crippen LogP contribution in [0.15, 0.2) is 29.2 Å². The molecule has 2 saturated carbocycles. The lowest BCUT2D eigenvalue weighted by Crippen LogP contribution is -2.42. The third-order valence-corrected chi connectivity index (χ3v) is 8.65. The summed E-state index contributed by atoms with van der Waals surface area (Å²) in [6.45, 7) is 3.91. The lowest BCUT2D eigenvalue weighted by atomic mass is 9.84. The highest BCUT2D eigenvalue weighted by molar-refractivity contribution is 7.89. The van der Waals surface area contributed by atoms with E-state index in [1.165, 1.54) is 30.0 Å². The van der Waals surface area contributed by atoms with Crippen molar-refractivity contribution in [3.8, 4) is 0 Å².